The summed E-state index contributed by atoms with van der Waals surface area (Å²) in [4.78, 5) is 8.24. The molecule has 0 amide bonds. The zero-order valence-electron chi connectivity index (χ0n) is 11.2. The molecule has 19 heavy (non-hydrogen) atoms. The summed E-state index contributed by atoms with van der Waals surface area (Å²) in [7, 11) is 1.64. The van der Waals surface area contributed by atoms with Crippen molar-refractivity contribution >= 4 is 23.1 Å². The first-order chi connectivity index (χ1) is 9.15. The van der Waals surface area contributed by atoms with Crippen molar-refractivity contribution in [3.8, 4) is 5.75 Å². The van der Waals surface area contributed by atoms with E-state index in [4.69, 9.17) is 16.3 Å². The van der Waals surface area contributed by atoms with Crippen LogP contribution in [0.1, 0.15) is 18.1 Å². The Kier molecular flexibility index (Phi) is 4.22. The van der Waals surface area contributed by atoms with Crippen LogP contribution in [0, 0.1) is 6.92 Å². The minimum atomic E-state index is 0.478. The minimum absolute atomic E-state index is 0.478. The summed E-state index contributed by atoms with van der Waals surface area (Å²) in [5.74, 6) is 1.48. The maximum Gasteiger partial charge on any atom is 0.142 e. The van der Waals surface area contributed by atoms with Gasteiger partial charge in [-0.2, -0.15) is 0 Å². The third-order valence-corrected chi connectivity index (χ3v) is 3.18. The molecular formula is C14H16ClN3O. The fraction of sp³-hybridized carbons (Fsp3) is 0.286. The lowest BCUT2D eigenvalue weighted by Gasteiger charge is -2.14. The Balaban J connectivity index is 2.41. The van der Waals surface area contributed by atoms with Gasteiger partial charge in [-0.1, -0.05) is 24.6 Å². The number of rotatable bonds is 4. The van der Waals surface area contributed by atoms with Crippen molar-refractivity contribution in [2.75, 3.05) is 12.4 Å². The summed E-state index contributed by atoms with van der Waals surface area (Å²) in [5.41, 5.74) is 2.90. The molecule has 100 valence electrons. The number of halogens is 1. The summed E-state index contributed by atoms with van der Waals surface area (Å²) < 4.78 is 5.34. The predicted molar refractivity (Wildman–Crippen MR) is 77.4 cm³/mol. The van der Waals surface area contributed by atoms with Crippen LogP contribution in [-0.4, -0.2) is 17.1 Å². The number of benzene rings is 1. The van der Waals surface area contributed by atoms with Crippen LogP contribution in [0.5, 0.6) is 5.75 Å². The van der Waals surface area contributed by atoms with E-state index in [1.807, 2.05) is 32.0 Å². The van der Waals surface area contributed by atoms with Crippen LogP contribution in [0.4, 0.5) is 11.5 Å². The molecule has 0 atom stereocenters. The molecule has 0 aliphatic rings. The Morgan fingerprint density at radius 2 is 2.11 bits per heavy atom. The molecule has 4 nitrogen and oxygen atoms in total. The maximum atomic E-state index is 6.08. The summed E-state index contributed by atoms with van der Waals surface area (Å²) in [6.45, 7) is 4.04. The van der Waals surface area contributed by atoms with Gasteiger partial charge in [0.15, 0.2) is 0 Å². The van der Waals surface area contributed by atoms with E-state index in [0.717, 1.165) is 29.0 Å². The van der Waals surface area contributed by atoms with Crippen LogP contribution in [0.2, 0.25) is 5.15 Å². The Bertz CT molecular complexity index is 587. The topological polar surface area (TPSA) is 47.0 Å². The molecule has 1 N–H and O–H groups in total. The fourth-order valence-corrected chi connectivity index (χ4v) is 2.13. The highest BCUT2D eigenvalue weighted by Gasteiger charge is 2.10. The first-order valence-electron chi connectivity index (χ1n) is 6.06. The number of ether oxygens (including phenoxy) is 1. The number of nitrogens with zero attached hydrogens (tertiary/aromatic N) is 2. The summed E-state index contributed by atoms with van der Waals surface area (Å²) >= 11 is 6.08. The molecule has 0 spiro atoms. The van der Waals surface area contributed by atoms with Crippen molar-refractivity contribution < 1.29 is 4.74 Å². The highest BCUT2D eigenvalue weighted by molar-refractivity contribution is 6.30. The highest BCUT2D eigenvalue weighted by Crippen LogP contribution is 2.30. The minimum Gasteiger partial charge on any atom is -0.495 e. The molecular weight excluding hydrogens is 262 g/mol. The molecule has 1 aromatic heterocycles. The fourth-order valence-electron chi connectivity index (χ4n) is 1.86. The summed E-state index contributed by atoms with van der Waals surface area (Å²) in [5, 5.41) is 3.74. The van der Waals surface area contributed by atoms with Gasteiger partial charge in [0, 0.05) is 5.56 Å². The Morgan fingerprint density at radius 1 is 1.32 bits per heavy atom. The second kappa shape index (κ2) is 5.89. The van der Waals surface area contributed by atoms with Crippen molar-refractivity contribution in [2.45, 2.75) is 20.3 Å². The average Bonchev–Trinajstić information content (AvgIpc) is 2.39. The zero-order valence-corrected chi connectivity index (χ0v) is 12.0. The van der Waals surface area contributed by atoms with Gasteiger partial charge in [0.05, 0.1) is 12.8 Å². The van der Waals surface area contributed by atoms with Crippen LogP contribution >= 0.6 is 11.6 Å². The molecule has 1 aromatic carbocycles. The molecule has 0 fully saturated rings. The van der Waals surface area contributed by atoms with E-state index in [0.29, 0.717) is 11.0 Å². The molecule has 2 rings (SSSR count). The Labute approximate surface area is 117 Å². The first kappa shape index (κ1) is 13.6. The lowest BCUT2D eigenvalue weighted by atomic mass is 10.2. The maximum absolute atomic E-state index is 6.08. The largest absolute Gasteiger partial charge is 0.495 e. The number of hydrogen-bond acceptors (Lipinski definition) is 4. The van der Waals surface area contributed by atoms with Crippen LogP contribution < -0.4 is 10.1 Å². The SMILES string of the molecule is CCc1c(Cl)ncnc1Nc1cc(C)ccc1OC. The molecule has 0 saturated carbocycles. The molecule has 0 radical (unpaired) electrons. The van der Waals surface area contributed by atoms with E-state index >= 15 is 0 Å². The van der Waals surface area contributed by atoms with Gasteiger partial charge in [-0.25, -0.2) is 9.97 Å². The second-order valence-corrected chi connectivity index (χ2v) is 4.53. The number of nitrogens with one attached hydrogen (secondary N) is 1. The Morgan fingerprint density at radius 3 is 2.79 bits per heavy atom. The van der Waals surface area contributed by atoms with Gasteiger partial charge >= 0.3 is 0 Å². The smallest absolute Gasteiger partial charge is 0.142 e. The van der Waals surface area contributed by atoms with Crippen LogP contribution in [0.3, 0.4) is 0 Å². The standard InChI is InChI=1S/C14H16ClN3O/c1-4-10-13(15)16-8-17-14(10)18-11-7-9(2)5-6-12(11)19-3/h5-8H,4H2,1-3H3,(H,16,17,18). The van der Waals surface area contributed by atoms with Crippen molar-refractivity contribution in [2.24, 2.45) is 0 Å². The van der Waals surface area contributed by atoms with Gasteiger partial charge in [-0.3, -0.25) is 0 Å². The van der Waals surface area contributed by atoms with Gasteiger partial charge in [-0.05, 0) is 31.0 Å². The van der Waals surface area contributed by atoms with Crippen molar-refractivity contribution in [1.29, 1.82) is 0 Å². The van der Waals surface area contributed by atoms with Gasteiger partial charge in [0.25, 0.3) is 0 Å². The molecule has 5 heteroatoms. The molecule has 2 aromatic rings. The first-order valence-corrected chi connectivity index (χ1v) is 6.44. The van der Waals surface area contributed by atoms with Crippen molar-refractivity contribution in [3.05, 3.63) is 40.8 Å². The third-order valence-electron chi connectivity index (χ3n) is 2.85. The lowest BCUT2D eigenvalue weighted by Crippen LogP contribution is -2.02. The number of anilines is 2. The number of aryl methyl sites for hydroxylation is 1. The molecule has 1 heterocycles. The predicted octanol–water partition coefficient (Wildman–Crippen LogP) is 3.75. The van der Waals surface area contributed by atoms with E-state index < -0.39 is 0 Å². The quantitative estimate of drug-likeness (QED) is 0.865. The average molecular weight is 278 g/mol. The third kappa shape index (κ3) is 2.96. The van der Waals surface area contributed by atoms with Gasteiger partial charge in [0.2, 0.25) is 0 Å². The zero-order chi connectivity index (χ0) is 13.8. The van der Waals surface area contributed by atoms with Crippen LogP contribution in [-0.2, 0) is 6.42 Å². The highest BCUT2D eigenvalue weighted by atomic mass is 35.5. The number of aromatic nitrogens is 2. The monoisotopic (exact) mass is 277 g/mol. The summed E-state index contributed by atoms with van der Waals surface area (Å²) in [6.07, 6.45) is 2.21. The lowest BCUT2D eigenvalue weighted by molar-refractivity contribution is 0.416. The van der Waals surface area contributed by atoms with Gasteiger partial charge < -0.3 is 10.1 Å². The molecule has 0 aliphatic carbocycles. The van der Waals surface area contributed by atoms with Crippen molar-refractivity contribution in [3.63, 3.8) is 0 Å². The van der Waals surface area contributed by atoms with E-state index in [1.54, 1.807) is 7.11 Å². The molecule has 0 saturated heterocycles. The van der Waals surface area contributed by atoms with E-state index in [9.17, 15) is 0 Å². The number of hydrogen-bond donors (Lipinski definition) is 1. The molecule has 0 aliphatic heterocycles. The van der Waals surface area contributed by atoms with E-state index in [1.165, 1.54) is 6.33 Å². The van der Waals surface area contributed by atoms with Crippen LogP contribution in [0.25, 0.3) is 0 Å². The van der Waals surface area contributed by atoms with Crippen LogP contribution in [0.15, 0.2) is 24.5 Å². The Hall–Kier alpha value is -1.81. The second-order valence-electron chi connectivity index (χ2n) is 4.17. The van der Waals surface area contributed by atoms with E-state index in [2.05, 4.69) is 15.3 Å². The van der Waals surface area contributed by atoms with Crippen molar-refractivity contribution in [1.82, 2.24) is 9.97 Å². The van der Waals surface area contributed by atoms with E-state index in [-0.39, 0.29) is 0 Å². The molecule has 0 bridgehead atoms. The van der Waals surface area contributed by atoms with Gasteiger partial charge in [-0.15, -0.1) is 0 Å². The number of methoxy groups -OCH3 is 1. The van der Waals surface area contributed by atoms with Gasteiger partial charge in [0.1, 0.15) is 23.0 Å². The normalized spacial score (nSPS) is 10.3. The summed E-state index contributed by atoms with van der Waals surface area (Å²) in [6, 6.07) is 5.93. The molecule has 0 unspecified atom stereocenters.